The van der Waals surface area contributed by atoms with Crippen LogP contribution in [0.3, 0.4) is 0 Å². The first-order valence-electron chi connectivity index (χ1n) is 30.9. The molecule has 0 fully saturated rings. The lowest BCUT2D eigenvalue weighted by Crippen LogP contribution is -2.11. The highest BCUT2D eigenvalue weighted by atomic mass is 79.9. The number of carbonyl (C=O) groups is 2. The number of pyridine rings is 2. The maximum Gasteiger partial charge on any atom is 0.313 e. The second-order valence-electron chi connectivity index (χ2n) is 20.7. The molecule has 0 aliphatic rings. The van der Waals surface area contributed by atoms with Crippen molar-refractivity contribution in [2.75, 3.05) is 6.61 Å². The standard InChI is InChI=1S/C20H14N6OS.C12H8N2OS.C11H12O3.2C8H7BrN4.C8H8N4.C3H4N2S.C2H3N.CH4/c21-11-17-16(14-6-2-1-3-7-14)10-18(27)22-20(17)28-12-13-5-4-8-15(9-13)19-23-25-26-24-19;13-7-10-9(6-11(15)14-12(10)16)8-4-2-1-3-5-8;1-2-14-11(13)8-10(12)9-6-4-3-5-7-9;2*9-5-6-2-1-3-7(4-6)8-10-12-13-11-8;1-6-3-2-4-7(5-6)8-9-11-12-10-8;4-2-1-3(5)6;1-2-3;/h1-10H,12H2,(H,22,27)(H,23,24,25,26);1-6H,(H2,14,15,16);3-7H,2,8H2,1H3;2*1-4H,5H2,(H,10,11,12,13);2-5H,1H3,(H,9,10,11,12);1H2,(H2,5,6);1H3;1H4. The minimum atomic E-state index is -0.471. The first kappa shape index (κ1) is 84.0. The van der Waals surface area contributed by atoms with E-state index in [0.29, 0.717) is 73.5 Å². The number of thiocarbonyl (C=S) groups is 1. The molecular formula is C73H67Br2N23O5S3. The number of carbonyl (C=O) groups excluding carboxylic acids is 2. The van der Waals surface area contributed by atoms with Crippen LogP contribution < -0.4 is 16.9 Å². The fourth-order valence-corrected chi connectivity index (χ4v) is 10.7. The van der Waals surface area contributed by atoms with Gasteiger partial charge in [-0.15, -0.1) is 65.2 Å². The van der Waals surface area contributed by atoms with Crippen molar-refractivity contribution in [2.45, 2.75) is 67.5 Å². The van der Waals surface area contributed by atoms with Gasteiger partial charge in [0.1, 0.15) is 18.6 Å². The molecule has 0 atom stereocenters. The third kappa shape index (κ3) is 28.3. The second kappa shape index (κ2) is 46.8. The van der Waals surface area contributed by atoms with E-state index in [2.05, 4.69) is 160 Å². The van der Waals surface area contributed by atoms with Crippen molar-refractivity contribution in [2.24, 2.45) is 5.73 Å². The van der Waals surface area contributed by atoms with E-state index in [1.54, 1.807) is 43.3 Å². The number of esters is 1. The number of alkyl halides is 2. The highest BCUT2D eigenvalue weighted by Crippen LogP contribution is 2.31. The predicted octanol–water partition coefficient (Wildman–Crippen LogP) is 13.5. The third-order valence-corrected chi connectivity index (χ3v) is 16.1. The Balaban J connectivity index is 0.000000229. The molecule has 13 rings (SSSR count). The van der Waals surface area contributed by atoms with E-state index in [1.807, 2.05) is 177 Å². The van der Waals surface area contributed by atoms with Crippen LogP contribution in [0.4, 0.5) is 0 Å². The van der Waals surface area contributed by atoms with Crippen molar-refractivity contribution < 1.29 is 14.3 Å². The second-order valence-corrected chi connectivity index (χ2v) is 23.8. The van der Waals surface area contributed by atoms with Crippen molar-refractivity contribution in [3.05, 3.63) is 260 Å². The van der Waals surface area contributed by atoms with Crippen molar-refractivity contribution in [3.63, 3.8) is 0 Å². The molecule has 106 heavy (non-hydrogen) atoms. The van der Waals surface area contributed by atoms with Gasteiger partial charge in [-0.2, -0.15) is 41.9 Å². The Bertz CT molecular complexity index is 5050. The van der Waals surface area contributed by atoms with Crippen molar-refractivity contribution in [1.82, 2.24) is 92.5 Å². The molecular weight excluding hydrogens is 1530 g/mol. The van der Waals surface area contributed by atoms with E-state index >= 15 is 0 Å². The van der Waals surface area contributed by atoms with E-state index in [9.17, 15) is 24.4 Å². The van der Waals surface area contributed by atoms with Crippen LogP contribution in [-0.2, 0) is 25.9 Å². The largest absolute Gasteiger partial charge is 0.466 e. The summed E-state index contributed by atoms with van der Waals surface area (Å²) in [4.78, 5) is 51.5. The van der Waals surface area contributed by atoms with Crippen LogP contribution in [0.25, 0.3) is 67.8 Å². The highest BCUT2D eigenvalue weighted by molar-refractivity contribution is 9.08. The first-order valence-corrected chi connectivity index (χ1v) is 35.0. The number of thiol groups is 1. The molecule has 0 aliphatic heterocycles. The van der Waals surface area contributed by atoms with E-state index in [1.165, 1.54) is 47.5 Å². The Morgan fingerprint density at radius 2 is 0.934 bits per heavy atom. The van der Waals surface area contributed by atoms with Gasteiger partial charge in [0.05, 0.1) is 51.3 Å². The molecule has 0 unspecified atom stereocenters. The third-order valence-electron chi connectivity index (χ3n) is 13.3. The van der Waals surface area contributed by atoms with Crippen LogP contribution in [0.2, 0.25) is 0 Å². The van der Waals surface area contributed by atoms with Crippen LogP contribution in [0.15, 0.2) is 220 Å². The molecule has 13 aromatic rings. The topological polar surface area (TPSA) is 448 Å². The molecule has 0 radical (unpaired) electrons. The van der Waals surface area contributed by atoms with Crippen molar-refractivity contribution in [3.8, 4) is 92.1 Å². The number of hydrogen-bond acceptors (Lipinski definition) is 24. The van der Waals surface area contributed by atoms with Gasteiger partial charge in [0.25, 0.3) is 0 Å². The van der Waals surface area contributed by atoms with Crippen LogP contribution in [0.1, 0.15) is 77.9 Å². The fourth-order valence-electron chi connectivity index (χ4n) is 8.72. The molecule has 6 heterocycles. The quantitative estimate of drug-likeness (QED) is 0.00847. The summed E-state index contributed by atoms with van der Waals surface area (Å²) in [6, 6.07) is 69.9. The molecule has 0 saturated heterocycles. The number of nitriles is 4. The predicted molar refractivity (Wildman–Crippen MR) is 417 cm³/mol. The van der Waals surface area contributed by atoms with Crippen LogP contribution >= 0.6 is 68.5 Å². The summed E-state index contributed by atoms with van der Waals surface area (Å²) in [7, 11) is 0. The summed E-state index contributed by atoms with van der Waals surface area (Å²) >= 11 is 16.6. The summed E-state index contributed by atoms with van der Waals surface area (Å²) in [5.74, 6) is 2.31. The summed E-state index contributed by atoms with van der Waals surface area (Å²) in [5, 5.41) is 91.5. The Kier molecular flexibility index (Phi) is 37.1. The number of Topliss-reactive ketones (excluding diaryl/α,β-unsaturated/α-hetero) is 1. The Morgan fingerprint density at radius 1 is 0.547 bits per heavy atom. The van der Waals surface area contributed by atoms with Gasteiger partial charge in [0, 0.05) is 74.4 Å². The number of benzene rings is 7. The number of ether oxygens (including phenoxy) is 1. The zero-order valence-electron chi connectivity index (χ0n) is 56.1. The van der Waals surface area contributed by atoms with Gasteiger partial charge in [-0.05, 0) is 86.8 Å². The maximum atomic E-state index is 12.2. The van der Waals surface area contributed by atoms with E-state index < -0.39 is 5.97 Å². The number of hydrogen-bond donors (Lipinski definition) is 8. The summed E-state index contributed by atoms with van der Waals surface area (Å²) in [6.07, 6.45) is 0.00713. The van der Waals surface area contributed by atoms with Gasteiger partial charge in [0.2, 0.25) is 34.4 Å². The molecule has 0 saturated carbocycles. The number of aryl methyl sites for hydroxylation is 1. The van der Waals surface area contributed by atoms with Crippen LogP contribution in [0, 0.1) is 52.2 Å². The number of nitrogens with two attached hydrogens (primary N) is 1. The molecule has 7 aromatic carbocycles. The Labute approximate surface area is 640 Å². The Hall–Kier alpha value is -12.6. The van der Waals surface area contributed by atoms with Crippen molar-refractivity contribution >= 4 is 85.2 Å². The lowest BCUT2D eigenvalue weighted by molar-refractivity contribution is -0.141. The minimum absolute atomic E-state index is 0. The molecule has 0 amide bonds. The maximum absolute atomic E-state index is 12.2. The number of aromatic amines is 6. The number of nitrogens with one attached hydrogen (secondary N) is 6. The highest BCUT2D eigenvalue weighted by Gasteiger charge is 2.16. The molecule has 8 N–H and O–H groups in total. The number of ketones is 1. The minimum Gasteiger partial charge on any atom is -0.466 e. The summed E-state index contributed by atoms with van der Waals surface area (Å²) in [6.45, 7) is 5.48. The van der Waals surface area contributed by atoms with Crippen LogP contribution in [-0.4, -0.2) is 116 Å². The molecule has 0 aliphatic carbocycles. The number of nitrogens with zero attached hydrogens (tertiary/aromatic N) is 16. The lowest BCUT2D eigenvalue weighted by Gasteiger charge is -2.09. The molecule has 536 valence electrons. The molecule has 6 aromatic heterocycles. The Morgan fingerprint density at radius 3 is 1.31 bits per heavy atom. The van der Waals surface area contributed by atoms with Crippen molar-refractivity contribution in [1.29, 1.82) is 21.0 Å². The van der Waals surface area contributed by atoms with Crippen LogP contribution in [0.5, 0.6) is 0 Å². The van der Waals surface area contributed by atoms with Gasteiger partial charge in [-0.25, -0.2) is 0 Å². The number of thioether (sulfide) groups is 1. The molecule has 28 nitrogen and oxygen atoms in total. The normalized spacial score (nSPS) is 9.60. The van der Waals surface area contributed by atoms with E-state index in [0.717, 1.165) is 49.6 Å². The van der Waals surface area contributed by atoms with Gasteiger partial charge >= 0.3 is 5.97 Å². The SMILES string of the molecule is BrCc1cccc(-c2nn[nH]n2)c1.BrCc1cccc(-c2nn[nH]n2)c1.C.CC#N.CCOC(=O)CC(=O)c1ccccc1.Cc1cccc(-c2nn[nH]n2)c1.N#CCC(N)=S.N#Cc1c(-c2ccccc2)cc(=O)[nH]c1S.N#Cc1c(-c2ccccc2)cc(=O)[nH]c1SCc1cccc(-c2nn[nH]n2)c1. The number of tetrazole rings is 4. The molecule has 0 spiro atoms. The first-order chi connectivity index (χ1) is 51.0. The fraction of sp³-hybridized carbons (Fsp3) is 0.137. The number of H-pyrrole nitrogens is 6. The number of halogens is 2. The average Bonchev–Trinajstić information content (AvgIpc) is 1.11. The van der Waals surface area contributed by atoms with Gasteiger partial charge in [0.15, 0.2) is 5.78 Å². The van der Waals surface area contributed by atoms with Gasteiger partial charge < -0.3 is 20.4 Å². The summed E-state index contributed by atoms with van der Waals surface area (Å²) in [5.41, 5.74) is 17.1. The van der Waals surface area contributed by atoms with Gasteiger partial charge in [-0.3, -0.25) is 19.2 Å². The zero-order chi connectivity index (χ0) is 75.6. The molecule has 0 bridgehead atoms. The number of rotatable bonds is 16. The monoisotopic (exact) mass is 1600 g/mol. The van der Waals surface area contributed by atoms with Gasteiger partial charge in [-0.1, -0.05) is 221 Å². The van der Waals surface area contributed by atoms with E-state index in [-0.39, 0.29) is 42.2 Å². The smallest absolute Gasteiger partial charge is 0.313 e. The molecule has 33 heteroatoms. The average molecular weight is 1600 g/mol. The lowest BCUT2D eigenvalue weighted by atomic mass is 10.0. The zero-order valence-corrected chi connectivity index (χ0v) is 61.8. The number of aromatic nitrogens is 18. The summed E-state index contributed by atoms with van der Waals surface area (Å²) < 4.78 is 4.67. The van der Waals surface area contributed by atoms with E-state index in [4.69, 9.17) is 21.5 Å².